The van der Waals surface area contributed by atoms with Gasteiger partial charge in [0.2, 0.25) is 0 Å². The summed E-state index contributed by atoms with van der Waals surface area (Å²) in [6.45, 7) is 9.35. The summed E-state index contributed by atoms with van der Waals surface area (Å²) in [5.74, 6) is -0.394. The van der Waals surface area contributed by atoms with Crippen LogP contribution in [0.3, 0.4) is 0 Å². The molecular formula is C18H27N3O4. The Labute approximate surface area is 147 Å². The van der Waals surface area contributed by atoms with Crippen LogP contribution in [0.4, 0.5) is 4.79 Å². The fraction of sp³-hybridized carbons (Fsp3) is 0.611. The molecule has 25 heavy (non-hydrogen) atoms. The number of hydrogen-bond acceptors (Lipinski definition) is 4. The Kier molecular flexibility index (Phi) is 4.97. The van der Waals surface area contributed by atoms with Crippen LogP contribution in [-0.4, -0.2) is 34.3 Å². The number of aryl methyl sites for hydroxylation is 1. The molecule has 1 aromatic rings. The van der Waals surface area contributed by atoms with E-state index in [-0.39, 0.29) is 28.6 Å². The van der Waals surface area contributed by atoms with Crippen LogP contribution in [0.5, 0.6) is 0 Å². The highest BCUT2D eigenvalue weighted by Crippen LogP contribution is 2.40. The summed E-state index contributed by atoms with van der Waals surface area (Å²) in [4.78, 5) is 36.3. The smallest absolute Gasteiger partial charge is 0.407 e. The van der Waals surface area contributed by atoms with Gasteiger partial charge < -0.3 is 19.9 Å². The van der Waals surface area contributed by atoms with Crippen LogP contribution < -0.4 is 16.2 Å². The SMILES string of the molecule is Cn1cccc(C(=O)NC2CC(NC(=O)OC(C)(C)C)C2(C)C)c1=O. The molecule has 7 heteroatoms. The molecule has 0 saturated heterocycles. The van der Waals surface area contributed by atoms with Crippen molar-refractivity contribution in [2.24, 2.45) is 12.5 Å². The minimum absolute atomic E-state index is 0.105. The predicted octanol–water partition coefficient (Wildman–Crippen LogP) is 1.81. The molecule has 2 rings (SSSR count). The van der Waals surface area contributed by atoms with Crippen LogP contribution in [0.25, 0.3) is 0 Å². The zero-order valence-corrected chi connectivity index (χ0v) is 15.7. The fourth-order valence-electron chi connectivity index (χ4n) is 2.87. The molecule has 7 nitrogen and oxygen atoms in total. The lowest BCUT2D eigenvalue weighted by Gasteiger charge is -2.52. The number of ether oxygens (including phenoxy) is 1. The van der Waals surface area contributed by atoms with Crippen LogP contribution in [0, 0.1) is 5.41 Å². The molecule has 138 valence electrons. The molecule has 2 unspecified atom stereocenters. The number of rotatable bonds is 3. The van der Waals surface area contributed by atoms with Crippen molar-refractivity contribution in [1.82, 2.24) is 15.2 Å². The highest BCUT2D eigenvalue weighted by atomic mass is 16.6. The number of carbonyl (C=O) groups is 2. The van der Waals surface area contributed by atoms with Crippen LogP contribution in [0.2, 0.25) is 0 Å². The molecule has 0 aromatic carbocycles. The largest absolute Gasteiger partial charge is 0.444 e. The Morgan fingerprint density at radius 3 is 2.40 bits per heavy atom. The molecular weight excluding hydrogens is 322 g/mol. The quantitative estimate of drug-likeness (QED) is 0.871. The predicted molar refractivity (Wildman–Crippen MR) is 94.5 cm³/mol. The van der Waals surface area contributed by atoms with Gasteiger partial charge in [-0.25, -0.2) is 4.79 Å². The van der Waals surface area contributed by atoms with E-state index >= 15 is 0 Å². The van der Waals surface area contributed by atoms with Gasteiger partial charge in [-0.2, -0.15) is 0 Å². The van der Waals surface area contributed by atoms with E-state index < -0.39 is 17.6 Å². The number of hydrogen-bond donors (Lipinski definition) is 2. The number of amides is 2. The highest BCUT2D eigenvalue weighted by molar-refractivity contribution is 5.94. The van der Waals surface area contributed by atoms with E-state index in [1.165, 1.54) is 10.6 Å². The van der Waals surface area contributed by atoms with Gasteiger partial charge >= 0.3 is 6.09 Å². The molecule has 0 spiro atoms. The van der Waals surface area contributed by atoms with Gasteiger partial charge in [-0.15, -0.1) is 0 Å². The van der Waals surface area contributed by atoms with E-state index in [0.717, 1.165) is 0 Å². The van der Waals surface area contributed by atoms with Crippen molar-refractivity contribution in [3.8, 4) is 0 Å². The van der Waals surface area contributed by atoms with Crippen LogP contribution in [0.15, 0.2) is 23.1 Å². The molecule has 2 atom stereocenters. The van der Waals surface area contributed by atoms with E-state index in [9.17, 15) is 14.4 Å². The molecule has 2 amide bonds. The maximum absolute atomic E-state index is 12.4. The second-order valence-corrected chi connectivity index (χ2v) is 8.12. The molecule has 1 aliphatic rings. The maximum Gasteiger partial charge on any atom is 0.407 e. The number of carbonyl (C=O) groups excluding carboxylic acids is 2. The highest BCUT2D eigenvalue weighted by Gasteiger charge is 2.50. The van der Waals surface area contributed by atoms with Gasteiger partial charge in [0.05, 0.1) is 0 Å². The topological polar surface area (TPSA) is 89.4 Å². The molecule has 0 radical (unpaired) electrons. The molecule has 1 saturated carbocycles. The lowest BCUT2D eigenvalue weighted by atomic mass is 9.63. The Bertz CT molecular complexity index is 731. The lowest BCUT2D eigenvalue weighted by Crippen LogP contribution is -2.67. The van der Waals surface area contributed by atoms with Crippen LogP contribution in [-0.2, 0) is 11.8 Å². The van der Waals surface area contributed by atoms with Crippen molar-refractivity contribution in [3.05, 3.63) is 34.2 Å². The Balaban J connectivity index is 1.98. The van der Waals surface area contributed by atoms with Crippen molar-refractivity contribution in [1.29, 1.82) is 0 Å². The number of nitrogens with one attached hydrogen (secondary N) is 2. The maximum atomic E-state index is 12.4. The average molecular weight is 349 g/mol. The van der Waals surface area contributed by atoms with Crippen molar-refractivity contribution in [2.75, 3.05) is 0 Å². The summed E-state index contributed by atoms with van der Waals surface area (Å²) >= 11 is 0. The van der Waals surface area contributed by atoms with E-state index in [0.29, 0.717) is 6.42 Å². The van der Waals surface area contributed by atoms with Crippen molar-refractivity contribution < 1.29 is 14.3 Å². The van der Waals surface area contributed by atoms with Crippen LogP contribution >= 0.6 is 0 Å². The van der Waals surface area contributed by atoms with Gasteiger partial charge in [-0.05, 0) is 39.3 Å². The molecule has 0 aliphatic heterocycles. The number of nitrogens with zero attached hydrogens (tertiary/aromatic N) is 1. The van der Waals surface area contributed by atoms with Gasteiger partial charge in [-0.1, -0.05) is 13.8 Å². The summed E-state index contributed by atoms with van der Waals surface area (Å²) in [7, 11) is 1.60. The molecule has 1 aromatic heterocycles. The van der Waals surface area contributed by atoms with E-state index in [2.05, 4.69) is 10.6 Å². The molecule has 2 N–H and O–H groups in total. The van der Waals surface area contributed by atoms with E-state index in [1.54, 1.807) is 19.3 Å². The molecule has 1 aliphatic carbocycles. The number of pyridine rings is 1. The Morgan fingerprint density at radius 2 is 1.84 bits per heavy atom. The second-order valence-electron chi connectivity index (χ2n) is 8.12. The summed E-state index contributed by atoms with van der Waals surface area (Å²) < 4.78 is 6.64. The number of aromatic nitrogens is 1. The third-order valence-electron chi connectivity index (χ3n) is 4.63. The third-order valence-corrected chi connectivity index (χ3v) is 4.63. The first-order valence-electron chi connectivity index (χ1n) is 8.38. The van der Waals surface area contributed by atoms with Crippen molar-refractivity contribution in [3.63, 3.8) is 0 Å². The molecule has 0 bridgehead atoms. The Morgan fingerprint density at radius 1 is 1.24 bits per heavy atom. The Hall–Kier alpha value is -2.31. The standard InChI is InChI=1S/C18H27N3O4/c1-17(2,3)25-16(24)20-13-10-12(18(13,4)5)19-14(22)11-8-7-9-21(6)15(11)23/h7-9,12-13H,10H2,1-6H3,(H,19,22)(H,20,24). The molecule has 1 fully saturated rings. The summed E-state index contributed by atoms with van der Waals surface area (Å²) in [5.41, 5.74) is -1.11. The summed E-state index contributed by atoms with van der Waals surface area (Å²) in [5, 5.41) is 5.75. The minimum atomic E-state index is -0.557. The first-order valence-corrected chi connectivity index (χ1v) is 8.38. The second kappa shape index (κ2) is 6.54. The van der Waals surface area contributed by atoms with Gasteiger partial charge in [0.15, 0.2) is 0 Å². The third kappa shape index (κ3) is 4.21. The van der Waals surface area contributed by atoms with E-state index in [1.807, 2.05) is 34.6 Å². The average Bonchev–Trinajstić information content (AvgIpc) is 2.47. The first kappa shape index (κ1) is 19.0. The fourth-order valence-corrected chi connectivity index (χ4v) is 2.87. The first-order chi connectivity index (χ1) is 11.4. The minimum Gasteiger partial charge on any atom is -0.444 e. The van der Waals surface area contributed by atoms with Crippen LogP contribution in [0.1, 0.15) is 51.4 Å². The molecule has 1 heterocycles. The zero-order chi connectivity index (χ0) is 19.0. The lowest BCUT2D eigenvalue weighted by molar-refractivity contribution is 0.0170. The summed E-state index contributed by atoms with van der Waals surface area (Å²) in [6.07, 6.45) is 1.73. The van der Waals surface area contributed by atoms with E-state index in [4.69, 9.17) is 4.74 Å². The van der Waals surface area contributed by atoms with Gasteiger partial charge in [0, 0.05) is 30.7 Å². The van der Waals surface area contributed by atoms with Gasteiger partial charge in [0.25, 0.3) is 11.5 Å². The normalized spacial score (nSPS) is 21.8. The summed E-state index contributed by atoms with van der Waals surface area (Å²) in [6, 6.07) is 2.94. The van der Waals surface area contributed by atoms with Gasteiger partial charge in [0.1, 0.15) is 11.2 Å². The monoisotopic (exact) mass is 349 g/mol. The zero-order valence-electron chi connectivity index (χ0n) is 15.7. The number of alkyl carbamates (subject to hydrolysis) is 1. The van der Waals surface area contributed by atoms with Crippen molar-refractivity contribution >= 4 is 12.0 Å². The van der Waals surface area contributed by atoms with Gasteiger partial charge in [-0.3, -0.25) is 9.59 Å². The van der Waals surface area contributed by atoms with Crippen molar-refractivity contribution in [2.45, 2.75) is 58.7 Å².